The van der Waals surface area contributed by atoms with Crippen LogP contribution in [0.25, 0.3) is 0 Å². The molecule has 2 rings (SSSR count). The van der Waals surface area contributed by atoms with Gasteiger partial charge in [0.15, 0.2) is 0 Å². The van der Waals surface area contributed by atoms with Gasteiger partial charge in [-0.2, -0.15) is 0 Å². The Kier molecular flexibility index (Phi) is 8.35. The number of hydrogen-bond donors (Lipinski definition) is 0. The van der Waals surface area contributed by atoms with Gasteiger partial charge in [-0.05, 0) is 18.6 Å². The van der Waals surface area contributed by atoms with Crippen LogP contribution in [0, 0.1) is 0 Å². The van der Waals surface area contributed by atoms with Gasteiger partial charge in [0.2, 0.25) is 5.91 Å². The summed E-state index contributed by atoms with van der Waals surface area (Å²) in [6, 6.07) is 5.25. The normalized spacial score (nSPS) is 14.6. The first-order valence-corrected chi connectivity index (χ1v) is 8.97. The molecule has 0 N–H and O–H groups in total. The van der Waals surface area contributed by atoms with Crippen LogP contribution in [0.5, 0.6) is 11.5 Å². The monoisotopic (exact) mass is 380 g/mol. The Morgan fingerprint density at radius 3 is 2.19 bits per heavy atom. The molecule has 1 aliphatic heterocycles. The number of methoxy groups -OCH3 is 3. The van der Waals surface area contributed by atoms with E-state index >= 15 is 0 Å². The van der Waals surface area contributed by atoms with Gasteiger partial charge in [0.05, 0.1) is 27.4 Å². The maximum atomic E-state index is 13.1. The van der Waals surface area contributed by atoms with Crippen LogP contribution < -0.4 is 9.47 Å². The molecule has 1 heterocycles. The Balaban J connectivity index is 2.00. The summed E-state index contributed by atoms with van der Waals surface area (Å²) in [5.41, 5.74) is 0.408. The number of benzene rings is 1. The third-order valence-electron chi connectivity index (χ3n) is 4.43. The van der Waals surface area contributed by atoms with Crippen molar-refractivity contribution in [1.29, 1.82) is 0 Å². The third kappa shape index (κ3) is 5.58. The molecule has 0 saturated carbocycles. The third-order valence-corrected chi connectivity index (χ3v) is 4.43. The summed E-state index contributed by atoms with van der Waals surface area (Å²) in [5.74, 6) is 0.719. The molecule has 1 fully saturated rings. The van der Waals surface area contributed by atoms with Crippen molar-refractivity contribution in [3.63, 3.8) is 0 Å². The molecular weight excluding hydrogens is 352 g/mol. The Labute approximate surface area is 159 Å². The van der Waals surface area contributed by atoms with Crippen molar-refractivity contribution in [2.24, 2.45) is 0 Å². The molecular formula is C19H28N2O6. The van der Waals surface area contributed by atoms with E-state index in [9.17, 15) is 9.59 Å². The van der Waals surface area contributed by atoms with Gasteiger partial charge >= 0.3 is 0 Å². The highest BCUT2D eigenvalue weighted by atomic mass is 16.5. The first-order chi connectivity index (χ1) is 13.1. The van der Waals surface area contributed by atoms with E-state index in [4.69, 9.17) is 18.9 Å². The lowest BCUT2D eigenvalue weighted by molar-refractivity contribution is -0.136. The van der Waals surface area contributed by atoms with Crippen molar-refractivity contribution in [3.8, 4) is 11.5 Å². The Morgan fingerprint density at radius 2 is 1.56 bits per heavy atom. The Hall–Kier alpha value is -2.32. The first-order valence-electron chi connectivity index (χ1n) is 8.97. The number of ether oxygens (including phenoxy) is 4. The van der Waals surface area contributed by atoms with E-state index < -0.39 is 0 Å². The lowest BCUT2D eigenvalue weighted by Gasteiger charge is -2.23. The Morgan fingerprint density at radius 1 is 0.926 bits per heavy atom. The minimum atomic E-state index is -0.157. The highest BCUT2D eigenvalue weighted by Gasteiger charge is 2.27. The van der Waals surface area contributed by atoms with E-state index in [1.54, 1.807) is 35.1 Å². The molecule has 8 nitrogen and oxygen atoms in total. The average Bonchev–Trinajstić information content (AvgIpc) is 2.96. The zero-order valence-corrected chi connectivity index (χ0v) is 16.2. The van der Waals surface area contributed by atoms with Gasteiger partial charge in [-0.15, -0.1) is 0 Å². The van der Waals surface area contributed by atoms with E-state index in [1.807, 2.05) is 0 Å². The minimum absolute atomic E-state index is 0.0254. The molecule has 1 aromatic carbocycles. The van der Waals surface area contributed by atoms with Gasteiger partial charge in [-0.1, -0.05) is 6.07 Å². The highest BCUT2D eigenvalue weighted by molar-refractivity contribution is 5.99. The van der Waals surface area contributed by atoms with Crippen LogP contribution in [0.15, 0.2) is 18.2 Å². The first kappa shape index (κ1) is 21.0. The van der Waals surface area contributed by atoms with Crippen molar-refractivity contribution in [1.82, 2.24) is 9.80 Å². The molecule has 0 radical (unpaired) electrons. The van der Waals surface area contributed by atoms with Crippen molar-refractivity contribution >= 4 is 11.8 Å². The number of hydrogen-bond acceptors (Lipinski definition) is 6. The molecule has 27 heavy (non-hydrogen) atoms. The fourth-order valence-corrected chi connectivity index (χ4v) is 2.98. The van der Waals surface area contributed by atoms with Crippen LogP contribution in [-0.2, 0) is 14.3 Å². The summed E-state index contributed by atoms with van der Waals surface area (Å²) in [5, 5.41) is 0. The van der Waals surface area contributed by atoms with Crippen molar-refractivity contribution in [2.45, 2.75) is 6.42 Å². The maximum absolute atomic E-state index is 13.1. The van der Waals surface area contributed by atoms with Crippen LogP contribution in [0.3, 0.4) is 0 Å². The van der Waals surface area contributed by atoms with Gasteiger partial charge < -0.3 is 28.7 Å². The fourth-order valence-electron chi connectivity index (χ4n) is 2.98. The number of carbonyl (C=O) groups is 2. The van der Waals surface area contributed by atoms with E-state index in [0.717, 1.165) is 0 Å². The lowest BCUT2D eigenvalue weighted by Crippen LogP contribution is -2.39. The molecule has 1 aromatic rings. The van der Waals surface area contributed by atoms with E-state index in [0.29, 0.717) is 62.9 Å². The molecule has 150 valence electrons. The van der Waals surface area contributed by atoms with Crippen LogP contribution in [0.2, 0.25) is 0 Å². The summed E-state index contributed by atoms with van der Waals surface area (Å²) in [6.07, 6.45) is 0.701. The van der Waals surface area contributed by atoms with E-state index in [2.05, 4.69) is 0 Å². The summed E-state index contributed by atoms with van der Waals surface area (Å²) < 4.78 is 20.9. The molecule has 2 amide bonds. The standard InChI is InChI=1S/C19H28N2O6/c1-24-12-13-27-14-17(22)20-8-5-9-21(11-10-20)19(23)18-15(25-2)6-4-7-16(18)26-3/h4,6-7H,5,8-14H2,1-3H3. The van der Waals surface area contributed by atoms with Crippen LogP contribution >= 0.6 is 0 Å². The second kappa shape index (κ2) is 10.7. The molecule has 0 unspecified atom stereocenters. The van der Waals surface area contributed by atoms with Crippen LogP contribution in [0.1, 0.15) is 16.8 Å². The minimum Gasteiger partial charge on any atom is -0.496 e. The number of rotatable bonds is 8. The second-order valence-corrected chi connectivity index (χ2v) is 6.11. The average molecular weight is 380 g/mol. The quantitative estimate of drug-likeness (QED) is 0.627. The van der Waals surface area contributed by atoms with Crippen LogP contribution in [0.4, 0.5) is 0 Å². The molecule has 8 heteroatoms. The molecule has 0 aromatic heterocycles. The van der Waals surface area contributed by atoms with E-state index in [1.165, 1.54) is 14.2 Å². The van der Waals surface area contributed by atoms with Gasteiger partial charge in [-0.25, -0.2) is 0 Å². The Bertz CT molecular complexity index is 614. The largest absolute Gasteiger partial charge is 0.496 e. The fraction of sp³-hybridized carbons (Fsp3) is 0.579. The topological polar surface area (TPSA) is 77.5 Å². The van der Waals surface area contributed by atoms with E-state index in [-0.39, 0.29) is 18.4 Å². The zero-order chi connectivity index (χ0) is 19.6. The molecule has 0 aliphatic carbocycles. The molecule has 1 saturated heterocycles. The van der Waals surface area contributed by atoms with Crippen LogP contribution in [-0.4, -0.2) is 88.9 Å². The van der Waals surface area contributed by atoms with Crippen molar-refractivity contribution in [2.75, 3.05) is 67.3 Å². The van der Waals surface area contributed by atoms with Gasteiger partial charge in [0.25, 0.3) is 5.91 Å². The highest BCUT2D eigenvalue weighted by Crippen LogP contribution is 2.29. The van der Waals surface area contributed by atoms with Crippen molar-refractivity contribution in [3.05, 3.63) is 23.8 Å². The zero-order valence-electron chi connectivity index (χ0n) is 16.2. The predicted octanol–water partition coefficient (Wildman–Crippen LogP) is 1.04. The van der Waals surface area contributed by atoms with Gasteiger partial charge in [0, 0.05) is 33.3 Å². The number of carbonyl (C=O) groups excluding carboxylic acids is 2. The number of amides is 2. The molecule has 0 bridgehead atoms. The second-order valence-electron chi connectivity index (χ2n) is 6.11. The molecule has 0 spiro atoms. The molecule has 1 aliphatic rings. The summed E-state index contributed by atoms with van der Waals surface area (Å²) in [4.78, 5) is 28.8. The lowest BCUT2D eigenvalue weighted by atomic mass is 10.1. The number of nitrogens with zero attached hydrogens (tertiary/aromatic N) is 2. The SMILES string of the molecule is COCCOCC(=O)N1CCCN(C(=O)c2c(OC)cccc2OC)CC1. The maximum Gasteiger partial charge on any atom is 0.261 e. The summed E-state index contributed by atoms with van der Waals surface area (Å²) >= 11 is 0. The predicted molar refractivity (Wildman–Crippen MR) is 99.3 cm³/mol. The van der Waals surface area contributed by atoms with Crippen molar-refractivity contribution < 1.29 is 28.5 Å². The summed E-state index contributed by atoms with van der Waals surface area (Å²) in [6.45, 7) is 2.94. The smallest absolute Gasteiger partial charge is 0.261 e. The molecule has 0 atom stereocenters. The van der Waals surface area contributed by atoms with Gasteiger partial charge in [0.1, 0.15) is 23.7 Å². The summed E-state index contributed by atoms with van der Waals surface area (Å²) in [7, 11) is 4.64. The van der Waals surface area contributed by atoms with Gasteiger partial charge in [-0.3, -0.25) is 9.59 Å².